The standard InChI is InChI=1S/C16H18FNO4/c17-12-3-4-13-10(6-12)7-14(22-13)15(19)18-8-11(16(20)21)5-9-1-2-9/h3-4,6,9,11,14H,1-2,5,7-8H2,(H,18,19)(H,20,21). The Kier molecular flexibility index (Phi) is 4.00. The molecule has 1 fully saturated rings. The van der Waals surface area contributed by atoms with Crippen LogP contribution in [0.4, 0.5) is 4.39 Å². The Balaban J connectivity index is 1.53. The molecule has 2 aliphatic rings. The van der Waals surface area contributed by atoms with E-state index in [9.17, 15) is 19.1 Å². The Labute approximate surface area is 127 Å². The Bertz CT molecular complexity index is 600. The van der Waals surface area contributed by atoms with Gasteiger partial charge in [-0.15, -0.1) is 0 Å². The molecule has 2 unspecified atom stereocenters. The summed E-state index contributed by atoms with van der Waals surface area (Å²) in [4.78, 5) is 23.3. The first-order valence-corrected chi connectivity index (χ1v) is 7.48. The van der Waals surface area contributed by atoms with Gasteiger partial charge < -0.3 is 15.2 Å². The van der Waals surface area contributed by atoms with E-state index in [0.29, 0.717) is 30.1 Å². The topological polar surface area (TPSA) is 75.6 Å². The molecule has 5 nitrogen and oxygen atoms in total. The maximum atomic E-state index is 13.1. The number of fused-ring (bicyclic) bond motifs is 1. The fraction of sp³-hybridized carbons (Fsp3) is 0.500. The lowest BCUT2D eigenvalue weighted by Gasteiger charge is -2.15. The van der Waals surface area contributed by atoms with Crippen molar-refractivity contribution in [1.29, 1.82) is 0 Å². The number of hydrogen-bond donors (Lipinski definition) is 2. The zero-order valence-corrected chi connectivity index (χ0v) is 12.0. The van der Waals surface area contributed by atoms with Crippen molar-refractivity contribution >= 4 is 11.9 Å². The van der Waals surface area contributed by atoms with E-state index in [-0.39, 0.29) is 18.3 Å². The molecule has 22 heavy (non-hydrogen) atoms. The molecule has 118 valence electrons. The third kappa shape index (κ3) is 3.37. The molecule has 3 rings (SSSR count). The Morgan fingerprint density at radius 1 is 1.41 bits per heavy atom. The van der Waals surface area contributed by atoms with E-state index < -0.39 is 18.0 Å². The van der Waals surface area contributed by atoms with Crippen LogP contribution in [0.3, 0.4) is 0 Å². The van der Waals surface area contributed by atoms with Crippen molar-refractivity contribution in [3.63, 3.8) is 0 Å². The first kappa shape index (κ1) is 14.8. The Morgan fingerprint density at radius 2 is 2.18 bits per heavy atom. The zero-order chi connectivity index (χ0) is 15.7. The van der Waals surface area contributed by atoms with Gasteiger partial charge in [-0.25, -0.2) is 4.39 Å². The van der Waals surface area contributed by atoms with Gasteiger partial charge in [-0.2, -0.15) is 0 Å². The van der Waals surface area contributed by atoms with Crippen LogP contribution in [-0.2, 0) is 16.0 Å². The maximum absolute atomic E-state index is 13.1. The normalized spacial score (nSPS) is 20.9. The number of amides is 1. The molecule has 1 aliphatic carbocycles. The molecule has 2 N–H and O–H groups in total. The summed E-state index contributed by atoms with van der Waals surface area (Å²) in [6.45, 7) is 0.106. The highest BCUT2D eigenvalue weighted by atomic mass is 19.1. The van der Waals surface area contributed by atoms with Crippen LogP contribution in [0.1, 0.15) is 24.8 Å². The summed E-state index contributed by atoms with van der Waals surface area (Å²) in [6, 6.07) is 4.15. The third-order valence-corrected chi connectivity index (χ3v) is 4.18. The number of aliphatic carboxylic acids is 1. The molecule has 2 atom stereocenters. The van der Waals surface area contributed by atoms with Crippen molar-refractivity contribution in [3.8, 4) is 5.75 Å². The van der Waals surface area contributed by atoms with Crippen LogP contribution < -0.4 is 10.1 Å². The van der Waals surface area contributed by atoms with E-state index in [2.05, 4.69) is 5.32 Å². The molecule has 1 amide bonds. The van der Waals surface area contributed by atoms with E-state index in [1.807, 2.05) is 0 Å². The minimum absolute atomic E-state index is 0.106. The van der Waals surface area contributed by atoms with Crippen molar-refractivity contribution in [2.24, 2.45) is 11.8 Å². The molecule has 1 aromatic carbocycles. The molecule has 0 radical (unpaired) electrons. The van der Waals surface area contributed by atoms with Crippen molar-refractivity contribution < 1.29 is 23.8 Å². The van der Waals surface area contributed by atoms with E-state index in [0.717, 1.165) is 12.8 Å². The second-order valence-electron chi connectivity index (χ2n) is 6.02. The minimum Gasteiger partial charge on any atom is -0.481 e. The molecule has 0 saturated heterocycles. The Hall–Kier alpha value is -2.11. The predicted octanol–water partition coefficient (Wildman–Crippen LogP) is 1.75. The molecular formula is C16H18FNO4. The van der Waals surface area contributed by atoms with Crippen LogP contribution in [0.5, 0.6) is 5.75 Å². The second-order valence-corrected chi connectivity index (χ2v) is 6.02. The van der Waals surface area contributed by atoms with Crippen LogP contribution in [0.25, 0.3) is 0 Å². The van der Waals surface area contributed by atoms with Gasteiger partial charge in [0, 0.05) is 18.5 Å². The summed E-state index contributed by atoms with van der Waals surface area (Å²) >= 11 is 0. The number of benzene rings is 1. The predicted molar refractivity (Wildman–Crippen MR) is 76.0 cm³/mol. The van der Waals surface area contributed by atoms with E-state index >= 15 is 0 Å². The van der Waals surface area contributed by atoms with Crippen molar-refractivity contribution in [1.82, 2.24) is 5.32 Å². The molecule has 0 bridgehead atoms. The van der Waals surface area contributed by atoms with E-state index in [1.54, 1.807) is 0 Å². The maximum Gasteiger partial charge on any atom is 0.308 e. The number of halogens is 1. The molecular weight excluding hydrogens is 289 g/mol. The number of carbonyl (C=O) groups excluding carboxylic acids is 1. The summed E-state index contributed by atoms with van der Waals surface area (Å²) in [6.07, 6.45) is 2.34. The quantitative estimate of drug-likeness (QED) is 0.839. The lowest BCUT2D eigenvalue weighted by Crippen LogP contribution is -2.41. The SMILES string of the molecule is O=C(O)C(CNC(=O)C1Cc2cc(F)ccc2O1)CC1CC1. The summed E-state index contributed by atoms with van der Waals surface area (Å²) in [5.41, 5.74) is 0.660. The largest absolute Gasteiger partial charge is 0.481 e. The molecule has 1 heterocycles. The van der Waals surface area contributed by atoms with Crippen LogP contribution in [-0.4, -0.2) is 29.6 Å². The fourth-order valence-electron chi connectivity index (χ4n) is 2.73. The summed E-state index contributed by atoms with van der Waals surface area (Å²) in [5.74, 6) is -1.16. The van der Waals surface area contributed by atoms with Gasteiger partial charge in [0.2, 0.25) is 0 Å². The van der Waals surface area contributed by atoms with Gasteiger partial charge in [0.15, 0.2) is 6.10 Å². The van der Waals surface area contributed by atoms with Gasteiger partial charge in [-0.3, -0.25) is 9.59 Å². The van der Waals surface area contributed by atoms with Gasteiger partial charge in [0.1, 0.15) is 11.6 Å². The lowest BCUT2D eigenvalue weighted by molar-refractivity contribution is -0.142. The van der Waals surface area contributed by atoms with Crippen molar-refractivity contribution in [3.05, 3.63) is 29.6 Å². The Morgan fingerprint density at radius 3 is 2.86 bits per heavy atom. The first-order valence-electron chi connectivity index (χ1n) is 7.48. The molecule has 0 spiro atoms. The summed E-state index contributed by atoms with van der Waals surface area (Å²) in [5, 5.41) is 11.8. The number of carboxylic acid groups (broad SMARTS) is 1. The second kappa shape index (κ2) is 5.94. The first-order chi connectivity index (χ1) is 10.5. The smallest absolute Gasteiger partial charge is 0.308 e. The van der Waals surface area contributed by atoms with Gasteiger partial charge >= 0.3 is 5.97 Å². The number of carbonyl (C=O) groups is 2. The summed E-state index contributed by atoms with van der Waals surface area (Å²) < 4.78 is 18.6. The minimum atomic E-state index is -0.884. The number of rotatable bonds is 6. The van der Waals surface area contributed by atoms with E-state index in [4.69, 9.17) is 4.74 Å². The average Bonchev–Trinajstić information content (AvgIpc) is 3.19. The van der Waals surface area contributed by atoms with Gasteiger partial charge in [0.25, 0.3) is 5.91 Å². The molecule has 6 heteroatoms. The zero-order valence-electron chi connectivity index (χ0n) is 12.0. The fourth-order valence-corrected chi connectivity index (χ4v) is 2.73. The highest BCUT2D eigenvalue weighted by Crippen LogP contribution is 2.35. The molecule has 0 aromatic heterocycles. The van der Waals surface area contributed by atoms with Crippen molar-refractivity contribution in [2.45, 2.75) is 31.8 Å². The van der Waals surface area contributed by atoms with Crippen LogP contribution in [0.15, 0.2) is 18.2 Å². The number of hydrogen-bond acceptors (Lipinski definition) is 3. The van der Waals surface area contributed by atoms with Gasteiger partial charge in [-0.1, -0.05) is 12.8 Å². The average molecular weight is 307 g/mol. The van der Waals surface area contributed by atoms with Gasteiger partial charge in [0.05, 0.1) is 5.92 Å². The highest BCUT2D eigenvalue weighted by Gasteiger charge is 2.32. The molecule has 1 aromatic rings. The van der Waals surface area contributed by atoms with Crippen LogP contribution in [0, 0.1) is 17.7 Å². The number of carboxylic acids is 1. The molecule has 1 saturated carbocycles. The summed E-state index contributed by atoms with van der Waals surface area (Å²) in [7, 11) is 0. The van der Waals surface area contributed by atoms with Gasteiger partial charge in [-0.05, 0) is 30.5 Å². The van der Waals surface area contributed by atoms with Crippen LogP contribution >= 0.6 is 0 Å². The number of nitrogens with one attached hydrogen (secondary N) is 1. The molecule has 1 aliphatic heterocycles. The monoisotopic (exact) mass is 307 g/mol. The number of ether oxygens (including phenoxy) is 1. The van der Waals surface area contributed by atoms with Crippen molar-refractivity contribution in [2.75, 3.05) is 6.54 Å². The van der Waals surface area contributed by atoms with Crippen LogP contribution in [0.2, 0.25) is 0 Å². The lowest BCUT2D eigenvalue weighted by atomic mass is 10.0. The van der Waals surface area contributed by atoms with E-state index in [1.165, 1.54) is 18.2 Å². The third-order valence-electron chi connectivity index (χ3n) is 4.18. The highest BCUT2D eigenvalue weighted by molar-refractivity contribution is 5.83.